The number of aromatic nitrogens is 1. The third kappa shape index (κ3) is 3.13. The zero-order valence-corrected chi connectivity index (χ0v) is 12.6. The van der Waals surface area contributed by atoms with Crippen molar-refractivity contribution in [2.75, 3.05) is 5.32 Å². The molecule has 3 nitrogen and oxygen atoms in total. The quantitative estimate of drug-likeness (QED) is 0.731. The molecule has 1 amide bonds. The number of carbonyl (C=O) groups is 1. The number of fused-ring (bicyclic) bond motifs is 1. The summed E-state index contributed by atoms with van der Waals surface area (Å²) < 4.78 is 14.1. The molecule has 1 aromatic heterocycles. The first-order valence-corrected chi connectivity index (χ1v) is 7.22. The van der Waals surface area contributed by atoms with Crippen molar-refractivity contribution in [1.82, 2.24) is 4.98 Å². The lowest BCUT2D eigenvalue weighted by molar-refractivity contribution is -0.115. The lowest BCUT2D eigenvalue weighted by Gasteiger charge is -2.05. The maximum atomic E-state index is 13.1. The number of rotatable bonds is 3. The van der Waals surface area contributed by atoms with E-state index in [1.807, 2.05) is 24.3 Å². The Morgan fingerprint density at radius 3 is 2.71 bits per heavy atom. The molecule has 0 bridgehead atoms. The molecule has 0 fully saturated rings. The molecule has 2 N–H and O–H groups in total. The number of carbonyl (C=O) groups excluding carboxylic acids is 1. The Balaban J connectivity index is 1.75. The molecule has 0 aliphatic carbocycles. The molecule has 3 rings (SSSR count). The summed E-state index contributed by atoms with van der Waals surface area (Å²) >= 11 is 3.35. The Morgan fingerprint density at radius 2 is 1.95 bits per heavy atom. The maximum Gasteiger partial charge on any atom is 0.228 e. The van der Waals surface area contributed by atoms with Gasteiger partial charge in [0.1, 0.15) is 5.82 Å². The van der Waals surface area contributed by atoms with Gasteiger partial charge >= 0.3 is 0 Å². The van der Waals surface area contributed by atoms with Crippen molar-refractivity contribution in [1.29, 1.82) is 0 Å². The molecule has 0 unspecified atom stereocenters. The summed E-state index contributed by atoms with van der Waals surface area (Å²) in [6.45, 7) is 0. The average Bonchev–Trinajstić information content (AvgIpc) is 2.83. The molecule has 0 spiro atoms. The summed E-state index contributed by atoms with van der Waals surface area (Å²) in [5, 5.41) is 3.70. The summed E-state index contributed by atoms with van der Waals surface area (Å²) in [6, 6.07) is 11.9. The number of H-pyrrole nitrogens is 1. The van der Waals surface area contributed by atoms with Gasteiger partial charge in [0.2, 0.25) is 5.91 Å². The number of hydrogen-bond acceptors (Lipinski definition) is 1. The lowest BCUT2D eigenvalue weighted by Crippen LogP contribution is -2.14. The van der Waals surface area contributed by atoms with Gasteiger partial charge in [-0.25, -0.2) is 4.39 Å². The number of anilines is 1. The van der Waals surface area contributed by atoms with E-state index < -0.39 is 0 Å². The Morgan fingerprint density at radius 1 is 1.19 bits per heavy atom. The zero-order chi connectivity index (χ0) is 14.8. The van der Waals surface area contributed by atoms with Crippen molar-refractivity contribution in [3.8, 4) is 0 Å². The fraction of sp³-hybridized carbons (Fsp3) is 0.0625. The van der Waals surface area contributed by atoms with Gasteiger partial charge in [0, 0.05) is 27.3 Å². The van der Waals surface area contributed by atoms with Crippen molar-refractivity contribution in [3.05, 3.63) is 64.5 Å². The van der Waals surface area contributed by atoms with Crippen molar-refractivity contribution in [2.24, 2.45) is 0 Å². The second-order valence-corrected chi connectivity index (χ2v) is 5.65. The van der Waals surface area contributed by atoms with Crippen molar-refractivity contribution < 1.29 is 9.18 Å². The average molecular weight is 347 g/mol. The molecule has 0 saturated carbocycles. The molecule has 5 heteroatoms. The monoisotopic (exact) mass is 346 g/mol. The number of nitrogens with one attached hydrogen (secondary N) is 2. The van der Waals surface area contributed by atoms with Crippen LogP contribution in [-0.2, 0) is 11.2 Å². The summed E-state index contributed by atoms with van der Waals surface area (Å²) in [4.78, 5) is 15.0. The van der Waals surface area contributed by atoms with Gasteiger partial charge in [-0.1, -0.05) is 15.9 Å². The molecule has 0 saturated heterocycles. The summed E-state index contributed by atoms with van der Waals surface area (Å²) in [5.74, 6) is -0.405. The number of halogens is 2. The molecule has 0 aliphatic heterocycles. The van der Waals surface area contributed by atoms with Gasteiger partial charge in [0.05, 0.1) is 6.42 Å². The van der Waals surface area contributed by atoms with Crippen LogP contribution < -0.4 is 5.32 Å². The fourth-order valence-electron chi connectivity index (χ4n) is 2.22. The highest BCUT2D eigenvalue weighted by atomic mass is 79.9. The van der Waals surface area contributed by atoms with Gasteiger partial charge in [-0.3, -0.25) is 4.79 Å². The molecule has 3 aromatic rings. The van der Waals surface area contributed by atoms with Crippen molar-refractivity contribution >= 4 is 38.4 Å². The van der Waals surface area contributed by atoms with Crippen LogP contribution in [-0.4, -0.2) is 10.9 Å². The van der Waals surface area contributed by atoms with E-state index in [9.17, 15) is 9.18 Å². The smallest absolute Gasteiger partial charge is 0.228 e. The topological polar surface area (TPSA) is 44.9 Å². The molecular formula is C16H12BrFN2O. The van der Waals surface area contributed by atoms with E-state index in [0.29, 0.717) is 5.52 Å². The maximum absolute atomic E-state index is 13.1. The molecule has 0 atom stereocenters. The van der Waals surface area contributed by atoms with Crippen LogP contribution in [0.1, 0.15) is 5.56 Å². The van der Waals surface area contributed by atoms with Crippen LogP contribution in [0, 0.1) is 5.82 Å². The highest BCUT2D eigenvalue weighted by molar-refractivity contribution is 9.10. The minimum Gasteiger partial charge on any atom is -0.361 e. The lowest BCUT2D eigenvalue weighted by atomic mass is 10.1. The third-order valence-corrected chi connectivity index (χ3v) is 3.74. The van der Waals surface area contributed by atoms with Gasteiger partial charge in [0.15, 0.2) is 0 Å². The first-order chi connectivity index (χ1) is 10.1. The van der Waals surface area contributed by atoms with Crippen LogP contribution >= 0.6 is 15.9 Å². The van der Waals surface area contributed by atoms with E-state index >= 15 is 0 Å². The zero-order valence-electron chi connectivity index (χ0n) is 11.0. The largest absolute Gasteiger partial charge is 0.361 e. The van der Waals surface area contributed by atoms with Crippen molar-refractivity contribution in [3.63, 3.8) is 0 Å². The number of amides is 1. The van der Waals surface area contributed by atoms with E-state index in [2.05, 4.69) is 26.2 Å². The van der Waals surface area contributed by atoms with Crippen LogP contribution in [0.2, 0.25) is 0 Å². The highest BCUT2D eigenvalue weighted by Crippen LogP contribution is 2.20. The van der Waals surface area contributed by atoms with E-state index in [-0.39, 0.29) is 18.1 Å². The molecule has 0 radical (unpaired) electrons. The minimum absolute atomic E-state index is 0.109. The normalized spacial score (nSPS) is 10.8. The summed E-state index contributed by atoms with van der Waals surface area (Å²) in [6.07, 6.45) is 1.98. The molecule has 0 aliphatic rings. The predicted octanol–water partition coefficient (Wildman–Crippen LogP) is 4.25. The Bertz CT molecular complexity index is 796. The number of benzene rings is 2. The Hall–Kier alpha value is -2.14. The van der Waals surface area contributed by atoms with Gasteiger partial charge in [-0.05, 0) is 48.0 Å². The SMILES string of the molecule is O=C(Cc1c[nH]c2cc(F)ccc12)Nc1ccc(Br)cc1. The molecule has 21 heavy (non-hydrogen) atoms. The standard InChI is InChI=1S/C16H12BrFN2O/c17-11-1-4-13(5-2-11)20-16(21)7-10-9-19-15-8-12(18)3-6-14(10)15/h1-6,8-9,19H,7H2,(H,20,21). The molecule has 1 heterocycles. The molecular weight excluding hydrogens is 335 g/mol. The molecule has 2 aromatic carbocycles. The van der Waals surface area contributed by atoms with Gasteiger partial charge < -0.3 is 10.3 Å². The van der Waals surface area contributed by atoms with Gasteiger partial charge in [-0.15, -0.1) is 0 Å². The Kier molecular flexibility index (Phi) is 3.75. The summed E-state index contributed by atoms with van der Waals surface area (Å²) in [7, 11) is 0. The van der Waals surface area contributed by atoms with E-state index in [4.69, 9.17) is 0 Å². The highest BCUT2D eigenvalue weighted by Gasteiger charge is 2.09. The van der Waals surface area contributed by atoms with E-state index in [1.165, 1.54) is 12.1 Å². The molecule has 106 valence electrons. The van der Waals surface area contributed by atoms with Crippen LogP contribution in [0.4, 0.5) is 10.1 Å². The number of aromatic amines is 1. The van der Waals surface area contributed by atoms with Crippen LogP contribution in [0.5, 0.6) is 0 Å². The summed E-state index contributed by atoms with van der Waals surface area (Å²) in [5.41, 5.74) is 2.29. The second kappa shape index (κ2) is 5.69. The van der Waals surface area contributed by atoms with E-state index in [0.717, 1.165) is 21.1 Å². The van der Waals surface area contributed by atoms with Crippen molar-refractivity contribution in [2.45, 2.75) is 6.42 Å². The fourth-order valence-corrected chi connectivity index (χ4v) is 2.48. The number of hydrogen-bond donors (Lipinski definition) is 2. The third-order valence-electron chi connectivity index (χ3n) is 3.21. The van der Waals surface area contributed by atoms with Gasteiger partial charge in [-0.2, -0.15) is 0 Å². The van der Waals surface area contributed by atoms with Gasteiger partial charge in [0.25, 0.3) is 0 Å². The van der Waals surface area contributed by atoms with Crippen LogP contribution in [0.15, 0.2) is 53.1 Å². The second-order valence-electron chi connectivity index (χ2n) is 4.74. The minimum atomic E-state index is -0.296. The van der Waals surface area contributed by atoms with Crippen LogP contribution in [0.25, 0.3) is 10.9 Å². The van der Waals surface area contributed by atoms with Crippen LogP contribution in [0.3, 0.4) is 0 Å². The first-order valence-electron chi connectivity index (χ1n) is 6.43. The van der Waals surface area contributed by atoms with E-state index in [1.54, 1.807) is 12.3 Å². The Labute approximate surface area is 129 Å². The predicted molar refractivity (Wildman–Crippen MR) is 84.7 cm³/mol. The first kappa shape index (κ1) is 13.8.